The monoisotopic (exact) mass is 257 g/mol. The molecule has 0 heterocycles. The molecule has 3 nitrogen and oxygen atoms in total. The summed E-state index contributed by atoms with van der Waals surface area (Å²) in [7, 11) is 1.25. The molecule has 1 aromatic carbocycles. The van der Waals surface area contributed by atoms with Crippen molar-refractivity contribution in [2.24, 2.45) is 5.73 Å². The zero-order valence-corrected chi connectivity index (χ0v) is 9.10. The Hall–Kier alpha value is -1.14. The van der Waals surface area contributed by atoms with E-state index in [9.17, 15) is 18.3 Å². The van der Waals surface area contributed by atoms with Crippen LogP contribution in [-0.4, -0.2) is 18.4 Å². The molecule has 0 aliphatic heterocycles. The van der Waals surface area contributed by atoms with Crippen molar-refractivity contribution in [1.29, 1.82) is 0 Å². The zero-order valence-electron chi connectivity index (χ0n) is 8.28. The lowest BCUT2D eigenvalue weighted by atomic mass is 10.1. The molecule has 0 aliphatic rings. The van der Waals surface area contributed by atoms with Crippen molar-refractivity contribution in [3.05, 3.63) is 23.8 Å². The van der Waals surface area contributed by atoms with E-state index in [0.29, 0.717) is 0 Å². The van der Waals surface area contributed by atoms with Crippen LogP contribution in [0.1, 0.15) is 11.6 Å². The molecule has 0 radical (unpaired) electrons. The van der Waals surface area contributed by atoms with E-state index in [2.05, 4.69) is 4.74 Å². The number of hydrogen-bond acceptors (Lipinski definition) is 3. The molecule has 0 aromatic heterocycles. The highest BCUT2D eigenvalue weighted by Crippen LogP contribution is 2.34. The molecule has 3 N–H and O–H groups in total. The van der Waals surface area contributed by atoms with E-state index in [0.717, 1.165) is 18.2 Å². The molecule has 92 valence electrons. The SMILES string of the molecule is COc1cc([C@H](N)C(F)(F)F)ccc1O.Cl. The minimum Gasteiger partial charge on any atom is -0.504 e. The normalized spacial score (nSPS) is 12.8. The van der Waals surface area contributed by atoms with Crippen molar-refractivity contribution in [2.75, 3.05) is 7.11 Å². The van der Waals surface area contributed by atoms with Gasteiger partial charge in [-0.05, 0) is 17.7 Å². The Kier molecular flexibility index (Phi) is 4.89. The van der Waals surface area contributed by atoms with Crippen LogP contribution < -0.4 is 10.5 Å². The Balaban J connectivity index is 0.00000225. The maximum absolute atomic E-state index is 12.2. The van der Waals surface area contributed by atoms with Crippen molar-refractivity contribution in [2.45, 2.75) is 12.2 Å². The molecule has 16 heavy (non-hydrogen) atoms. The molecular weight excluding hydrogens is 247 g/mol. The Bertz CT molecular complexity index is 357. The molecule has 0 amide bonds. The van der Waals surface area contributed by atoms with Gasteiger partial charge in [-0.15, -0.1) is 12.4 Å². The molecule has 1 rings (SSSR count). The maximum Gasteiger partial charge on any atom is 0.407 e. The number of phenolic OH excluding ortho intramolecular Hbond substituents is 1. The Labute approximate surface area is 96.4 Å². The van der Waals surface area contributed by atoms with Gasteiger partial charge >= 0.3 is 6.18 Å². The topological polar surface area (TPSA) is 55.5 Å². The van der Waals surface area contributed by atoms with E-state index in [1.165, 1.54) is 7.11 Å². The standard InChI is InChI=1S/C9H10F3NO2.ClH/c1-15-7-4-5(2-3-6(7)14)8(13)9(10,11)12;/h2-4,8,14H,13H2,1H3;1H/t8-;/m0./s1. The molecule has 0 saturated carbocycles. The predicted octanol–water partition coefficient (Wildman–Crippen LogP) is 2.38. The summed E-state index contributed by atoms with van der Waals surface area (Å²) in [5.41, 5.74) is 4.83. The number of nitrogens with two attached hydrogens (primary N) is 1. The second-order valence-electron chi connectivity index (χ2n) is 2.95. The van der Waals surface area contributed by atoms with Crippen molar-refractivity contribution < 1.29 is 23.0 Å². The van der Waals surface area contributed by atoms with Gasteiger partial charge in [0.2, 0.25) is 0 Å². The summed E-state index contributed by atoms with van der Waals surface area (Å²) in [6, 6.07) is 1.20. The number of ether oxygens (including phenoxy) is 1. The number of rotatable bonds is 2. The quantitative estimate of drug-likeness (QED) is 0.855. The average molecular weight is 258 g/mol. The number of halogens is 4. The van der Waals surface area contributed by atoms with Crippen LogP contribution in [0.15, 0.2) is 18.2 Å². The smallest absolute Gasteiger partial charge is 0.407 e. The second kappa shape index (κ2) is 5.27. The van der Waals surface area contributed by atoms with Gasteiger partial charge in [0.25, 0.3) is 0 Å². The maximum atomic E-state index is 12.2. The summed E-state index contributed by atoms with van der Waals surface area (Å²) in [4.78, 5) is 0. The highest BCUT2D eigenvalue weighted by atomic mass is 35.5. The highest BCUT2D eigenvalue weighted by Gasteiger charge is 2.38. The van der Waals surface area contributed by atoms with Gasteiger partial charge in [0.05, 0.1) is 7.11 Å². The van der Waals surface area contributed by atoms with Crippen LogP contribution in [0.5, 0.6) is 11.5 Å². The van der Waals surface area contributed by atoms with Crippen LogP contribution >= 0.6 is 12.4 Å². The first kappa shape index (κ1) is 14.9. The third-order valence-electron chi connectivity index (χ3n) is 1.92. The molecular formula is C9H11ClF3NO2. The van der Waals surface area contributed by atoms with Crippen molar-refractivity contribution in [3.8, 4) is 11.5 Å². The first-order valence-electron chi connectivity index (χ1n) is 4.05. The van der Waals surface area contributed by atoms with Crippen LogP contribution in [0.25, 0.3) is 0 Å². The van der Waals surface area contributed by atoms with Gasteiger partial charge in [0.15, 0.2) is 11.5 Å². The number of benzene rings is 1. The summed E-state index contributed by atoms with van der Waals surface area (Å²) >= 11 is 0. The van der Waals surface area contributed by atoms with Crippen molar-refractivity contribution in [1.82, 2.24) is 0 Å². The molecule has 0 bridgehead atoms. The van der Waals surface area contributed by atoms with E-state index < -0.39 is 12.2 Å². The number of hydrogen-bond donors (Lipinski definition) is 2. The highest BCUT2D eigenvalue weighted by molar-refractivity contribution is 5.85. The second-order valence-corrected chi connectivity index (χ2v) is 2.95. The molecule has 0 unspecified atom stereocenters. The van der Waals surface area contributed by atoms with Crippen LogP contribution in [-0.2, 0) is 0 Å². The Morgan fingerprint density at radius 3 is 2.38 bits per heavy atom. The van der Waals surface area contributed by atoms with Crippen LogP contribution in [0.4, 0.5) is 13.2 Å². The van der Waals surface area contributed by atoms with Gasteiger partial charge in [-0.25, -0.2) is 0 Å². The van der Waals surface area contributed by atoms with Crippen LogP contribution in [0, 0.1) is 0 Å². The van der Waals surface area contributed by atoms with Gasteiger partial charge in [-0.2, -0.15) is 13.2 Å². The third-order valence-corrected chi connectivity index (χ3v) is 1.92. The van der Waals surface area contributed by atoms with E-state index in [1.807, 2.05) is 0 Å². The van der Waals surface area contributed by atoms with E-state index in [1.54, 1.807) is 0 Å². The van der Waals surface area contributed by atoms with Crippen LogP contribution in [0.2, 0.25) is 0 Å². The van der Waals surface area contributed by atoms with E-state index in [4.69, 9.17) is 5.73 Å². The Morgan fingerprint density at radius 1 is 1.38 bits per heavy atom. The minimum atomic E-state index is -4.51. The average Bonchev–Trinajstić information content (AvgIpc) is 2.16. The van der Waals surface area contributed by atoms with Gasteiger partial charge < -0.3 is 15.6 Å². The minimum absolute atomic E-state index is 0. The molecule has 1 aromatic rings. The Morgan fingerprint density at radius 2 is 1.94 bits per heavy atom. The summed E-state index contributed by atoms with van der Waals surface area (Å²) < 4.78 is 41.4. The first-order chi connectivity index (χ1) is 6.86. The molecule has 0 saturated heterocycles. The largest absolute Gasteiger partial charge is 0.504 e. The molecule has 7 heteroatoms. The summed E-state index contributed by atoms with van der Waals surface area (Å²) in [6.45, 7) is 0. The molecule has 0 fully saturated rings. The number of alkyl halides is 3. The van der Waals surface area contributed by atoms with E-state index in [-0.39, 0.29) is 29.5 Å². The third kappa shape index (κ3) is 3.18. The van der Waals surface area contributed by atoms with Gasteiger partial charge in [-0.1, -0.05) is 6.07 Å². The fourth-order valence-electron chi connectivity index (χ4n) is 1.08. The van der Waals surface area contributed by atoms with Crippen molar-refractivity contribution in [3.63, 3.8) is 0 Å². The molecule has 0 aliphatic carbocycles. The molecule has 0 spiro atoms. The van der Waals surface area contributed by atoms with Gasteiger partial charge in [-0.3, -0.25) is 0 Å². The lowest BCUT2D eigenvalue weighted by molar-refractivity contribution is -0.149. The fourth-order valence-corrected chi connectivity index (χ4v) is 1.08. The van der Waals surface area contributed by atoms with Gasteiger partial charge in [0, 0.05) is 0 Å². The number of phenols is 1. The molecule has 1 atom stereocenters. The van der Waals surface area contributed by atoms with Crippen molar-refractivity contribution >= 4 is 12.4 Å². The fraction of sp³-hybridized carbons (Fsp3) is 0.333. The van der Waals surface area contributed by atoms with Gasteiger partial charge in [0.1, 0.15) is 6.04 Å². The number of aromatic hydroxyl groups is 1. The number of methoxy groups -OCH3 is 1. The zero-order chi connectivity index (χ0) is 11.6. The van der Waals surface area contributed by atoms with E-state index >= 15 is 0 Å². The summed E-state index contributed by atoms with van der Waals surface area (Å²) in [5.74, 6) is -0.261. The predicted molar refractivity (Wildman–Crippen MR) is 54.9 cm³/mol. The first-order valence-corrected chi connectivity index (χ1v) is 4.05. The lowest BCUT2D eigenvalue weighted by Gasteiger charge is -2.16. The van der Waals surface area contributed by atoms with Crippen LogP contribution in [0.3, 0.4) is 0 Å². The summed E-state index contributed by atoms with van der Waals surface area (Å²) in [6.07, 6.45) is -4.51. The summed E-state index contributed by atoms with van der Waals surface area (Å²) in [5, 5.41) is 9.17. The lowest BCUT2D eigenvalue weighted by Crippen LogP contribution is -2.28.